The number of hydrogen-bond donors (Lipinski definition) is 1. The maximum Gasteiger partial charge on any atom is 0.265 e. The van der Waals surface area contributed by atoms with E-state index in [0.29, 0.717) is 17.6 Å². The number of ether oxygens (including phenoxy) is 2. The molecule has 26 heavy (non-hydrogen) atoms. The molecule has 0 aliphatic carbocycles. The first kappa shape index (κ1) is 17.7. The summed E-state index contributed by atoms with van der Waals surface area (Å²) in [7, 11) is 1.59. The van der Waals surface area contributed by atoms with E-state index in [2.05, 4.69) is 5.32 Å². The maximum atomic E-state index is 13.6. The van der Waals surface area contributed by atoms with Crippen LogP contribution in [0.2, 0.25) is 0 Å². The molecule has 3 aromatic rings. The molecule has 0 aromatic heterocycles. The number of nitrogens with one attached hydrogen (secondary N) is 1. The Morgan fingerprint density at radius 2 is 1.65 bits per heavy atom. The van der Waals surface area contributed by atoms with E-state index in [9.17, 15) is 13.6 Å². The highest BCUT2D eigenvalue weighted by Gasteiger charge is 2.17. The quantitative estimate of drug-likeness (QED) is 0.730. The molecule has 0 aliphatic heterocycles. The number of benzene rings is 3. The van der Waals surface area contributed by atoms with E-state index in [1.807, 2.05) is 24.3 Å². The molecule has 0 bridgehead atoms. The number of anilines is 1. The van der Waals surface area contributed by atoms with Gasteiger partial charge in [-0.25, -0.2) is 8.78 Å². The van der Waals surface area contributed by atoms with Gasteiger partial charge in [0.25, 0.3) is 5.91 Å². The highest BCUT2D eigenvalue weighted by atomic mass is 19.1. The Morgan fingerprint density at radius 1 is 0.962 bits per heavy atom. The second-order valence-electron chi connectivity index (χ2n) is 5.75. The van der Waals surface area contributed by atoms with Crippen molar-refractivity contribution in [1.82, 2.24) is 0 Å². The fourth-order valence-corrected chi connectivity index (χ4v) is 2.49. The zero-order chi connectivity index (χ0) is 18.7. The summed E-state index contributed by atoms with van der Waals surface area (Å²) in [5.74, 6) is -0.888. The molecule has 6 heteroatoms. The summed E-state index contributed by atoms with van der Waals surface area (Å²) in [5.41, 5.74) is -0.102. The number of rotatable bonds is 5. The van der Waals surface area contributed by atoms with Crippen LogP contribution in [0.25, 0.3) is 10.8 Å². The van der Waals surface area contributed by atoms with Crippen molar-refractivity contribution >= 4 is 22.4 Å². The minimum atomic E-state index is -0.873. The Balaban J connectivity index is 1.73. The monoisotopic (exact) mass is 357 g/mol. The molecule has 0 saturated heterocycles. The van der Waals surface area contributed by atoms with Gasteiger partial charge in [0.05, 0.1) is 12.8 Å². The summed E-state index contributed by atoms with van der Waals surface area (Å²) in [4.78, 5) is 12.2. The van der Waals surface area contributed by atoms with Crippen molar-refractivity contribution in [3.8, 4) is 11.5 Å². The zero-order valence-corrected chi connectivity index (χ0v) is 14.3. The Hall–Kier alpha value is -3.15. The van der Waals surface area contributed by atoms with E-state index in [0.717, 1.165) is 22.9 Å². The first-order valence-corrected chi connectivity index (χ1v) is 7.96. The number of carbonyl (C=O) groups is 1. The van der Waals surface area contributed by atoms with Gasteiger partial charge in [-0.1, -0.05) is 12.1 Å². The lowest BCUT2D eigenvalue weighted by molar-refractivity contribution is -0.122. The normalized spacial score (nSPS) is 11.8. The van der Waals surface area contributed by atoms with Crippen LogP contribution in [-0.2, 0) is 4.79 Å². The molecule has 0 saturated carbocycles. The third-order valence-corrected chi connectivity index (χ3v) is 3.89. The number of methoxy groups -OCH3 is 1. The lowest BCUT2D eigenvalue weighted by atomic mass is 10.1. The van der Waals surface area contributed by atoms with Crippen LogP contribution in [0.4, 0.5) is 14.5 Å². The minimum Gasteiger partial charge on any atom is -0.497 e. The largest absolute Gasteiger partial charge is 0.497 e. The molecule has 0 spiro atoms. The fourth-order valence-electron chi connectivity index (χ4n) is 2.49. The van der Waals surface area contributed by atoms with Gasteiger partial charge >= 0.3 is 0 Å². The lowest BCUT2D eigenvalue weighted by Crippen LogP contribution is -2.30. The summed E-state index contributed by atoms with van der Waals surface area (Å²) in [5, 5.41) is 4.29. The molecule has 0 heterocycles. The van der Waals surface area contributed by atoms with Crippen LogP contribution < -0.4 is 14.8 Å². The Bertz CT molecular complexity index is 959. The Morgan fingerprint density at radius 3 is 2.35 bits per heavy atom. The van der Waals surface area contributed by atoms with Gasteiger partial charge < -0.3 is 14.8 Å². The van der Waals surface area contributed by atoms with Crippen molar-refractivity contribution in [3.05, 3.63) is 66.2 Å². The standard InChI is InChI=1S/C20H17F2NO3/c1-12(20(24)23-19-8-5-15(21)11-18(19)22)26-17-7-4-13-3-6-16(25-2)9-14(13)10-17/h3-12H,1-2H3,(H,23,24)/t12-/m1/s1. The summed E-state index contributed by atoms with van der Waals surface area (Å²) in [6, 6.07) is 14.0. The van der Waals surface area contributed by atoms with Crippen LogP contribution in [0.15, 0.2) is 54.6 Å². The summed E-state index contributed by atoms with van der Waals surface area (Å²) < 4.78 is 37.4. The van der Waals surface area contributed by atoms with E-state index in [-0.39, 0.29) is 5.69 Å². The van der Waals surface area contributed by atoms with Gasteiger partial charge in [-0.05, 0) is 54.1 Å². The Labute approximate surface area is 149 Å². The van der Waals surface area contributed by atoms with E-state index in [1.54, 1.807) is 26.2 Å². The van der Waals surface area contributed by atoms with Crippen LogP contribution in [0.1, 0.15) is 6.92 Å². The minimum absolute atomic E-state index is 0.102. The van der Waals surface area contributed by atoms with Gasteiger partial charge in [0, 0.05) is 6.07 Å². The van der Waals surface area contributed by atoms with Crippen molar-refractivity contribution in [2.45, 2.75) is 13.0 Å². The third kappa shape index (κ3) is 3.91. The van der Waals surface area contributed by atoms with Crippen LogP contribution in [0.3, 0.4) is 0 Å². The predicted octanol–water partition coefficient (Wildman–Crippen LogP) is 4.53. The third-order valence-electron chi connectivity index (χ3n) is 3.89. The highest BCUT2D eigenvalue weighted by molar-refractivity contribution is 5.94. The number of amides is 1. The number of carbonyl (C=O) groups excluding carboxylic acids is 1. The number of hydrogen-bond acceptors (Lipinski definition) is 3. The highest BCUT2D eigenvalue weighted by Crippen LogP contribution is 2.25. The van der Waals surface area contributed by atoms with Crippen molar-refractivity contribution < 1.29 is 23.0 Å². The van der Waals surface area contributed by atoms with E-state index in [4.69, 9.17) is 9.47 Å². The van der Waals surface area contributed by atoms with Gasteiger partial charge in [-0.15, -0.1) is 0 Å². The molecule has 0 radical (unpaired) electrons. The zero-order valence-electron chi connectivity index (χ0n) is 14.3. The van der Waals surface area contributed by atoms with Gasteiger partial charge in [0.2, 0.25) is 0 Å². The van der Waals surface area contributed by atoms with Crippen molar-refractivity contribution in [2.24, 2.45) is 0 Å². The maximum absolute atomic E-state index is 13.6. The molecule has 134 valence electrons. The number of fused-ring (bicyclic) bond motifs is 1. The first-order chi connectivity index (χ1) is 12.5. The molecule has 1 atom stereocenters. The van der Waals surface area contributed by atoms with Crippen LogP contribution in [0, 0.1) is 11.6 Å². The second-order valence-corrected chi connectivity index (χ2v) is 5.75. The van der Waals surface area contributed by atoms with Gasteiger partial charge in [0.15, 0.2) is 6.10 Å². The van der Waals surface area contributed by atoms with Crippen molar-refractivity contribution in [2.75, 3.05) is 12.4 Å². The molecule has 0 aliphatic rings. The molecular formula is C20H17F2NO3. The van der Waals surface area contributed by atoms with E-state index in [1.165, 1.54) is 0 Å². The molecule has 1 amide bonds. The SMILES string of the molecule is COc1ccc2ccc(O[C@H](C)C(=O)Nc3ccc(F)cc3F)cc2c1. The lowest BCUT2D eigenvalue weighted by Gasteiger charge is -2.15. The van der Waals surface area contributed by atoms with Crippen LogP contribution in [-0.4, -0.2) is 19.1 Å². The molecule has 4 nitrogen and oxygen atoms in total. The number of halogens is 2. The molecule has 0 fully saturated rings. The van der Waals surface area contributed by atoms with Gasteiger partial charge in [-0.2, -0.15) is 0 Å². The molecule has 3 aromatic carbocycles. The molecule has 1 N–H and O–H groups in total. The summed E-state index contributed by atoms with van der Waals surface area (Å²) in [6.07, 6.45) is -0.873. The van der Waals surface area contributed by atoms with Gasteiger partial charge in [-0.3, -0.25) is 4.79 Å². The van der Waals surface area contributed by atoms with E-state index >= 15 is 0 Å². The first-order valence-electron chi connectivity index (χ1n) is 7.96. The Kier molecular flexibility index (Phi) is 5.02. The molecule has 0 unspecified atom stereocenters. The topological polar surface area (TPSA) is 47.6 Å². The average molecular weight is 357 g/mol. The molecule has 3 rings (SSSR count). The smallest absolute Gasteiger partial charge is 0.265 e. The summed E-state index contributed by atoms with van der Waals surface area (Å²) in [6.45, 7) is 1.55. The predicted molar refractivity (Wildman–Crippen MR) is 95.6 cm³/mol. The van der Waals surface area contributed by atoms with Crippen LogP contribution >= 0.6 is 0 Å². The van der Waals surface area contributed by atoms with Gasteiger partial charge in [0.1, 0.15) is 23.1 Å². The molecular weight excluding hydrogens is 340 g/mol. The second kappa shape index (κ2) is 7.39. The van der Waals surface area contributed by atoms with Crippen molar-refractivity contribution in [3.63, 3.8) is 0 Å². The average Bonchev–Trinajstić information content (AvgIpc) is 2.63. The summed E-state index contributed by atoms with van der Waals surface area (Å²) >= 11 is 0. The van der Waals surface area contributed by atoms with Crippen molar-refractivity contribution in [1.29, 1.82) is 0 Å². The van der Waals surface area contributed by atoms with Crippen LogP contribution in [0.5, 0.6) is 11.5 Å². The van der Waals surface area contributed by atoms with E-state index < -0.39 is 23.6 Å². The fraction of sp³-hybridized carbons (Fsp3) is 0.150.